The highest BCUT2D eigenvalue weighted by Gasteiger charge is 2.44. The van der Waals surface area contributed by atoms with Crippen molar-refractivity contribution >= 4 is 29.7 Å². The molecule has 0 amide bonds. The molecule has 0 aliphatic rings. The highest BCUT2D eigenvalue weighted by Crippen LogP contribution is 2.19. The fourth-order valence-corrected chi connectivity index (χ4v) is 1.91. The maximum Gasteiger partial charge on any atom is 0.483 e. The van der Waals surface area contributed by atoms with Crippen LogP contribution < -0.4 is 0 Å². The zero-order valence-electron chi connectivity index (χ0n) is 10.8. The largest absolute Gasteiger partial charge is 0.483 e. The van der Waals surface area contributed by atoms with Gasteiger partial charge in [0.1, 0.15) is 0 Å². The van der Waals surface area contributed by atoms with E-state index in [9.17, 15) is 13.6 Å². The van der Waals surface area contributed by atoms with E-state index in [0.29, 0.717) is 6.42 Å². The maximum absolute atomic E-state index is 12.9. The van der Waals surface area contributed by atoms with Gasteiger partial charge in [0.2, 0.25) is 0 Å². The van der Waals surface area contributed by atoms with E-state index >= 15 is 0 Å². The molecule has 0 heterocycles. The van der Waals surface area contributed by atoms with E-state index in [2.05, 4.69) is 26.9 Å². The van der Waals surface area contributed by atoms with Gasteiger partial charge < -0.3 is 4.74 Å². The SMILES string of the molecule is O=C(OCCc1ccc2ccccc2c1)C(F)(F)OOS. The van der Waals surface area contributed by atoms with Crippen molar-refractivity contribution in [2.45, 2.75) is 12.5 Å². The minimum absolute atomic E-state index is 0.192. The normalized spacial score (nSPS) is 11.6. The molecule has 112 valence electrons. The fourth-order valence-electron chi connectivity index (χ4n) is 1.82. The van der Waals surface area contributed by atoms with Gasteiger partial charge in [-0.3, -0.25) is 0 Å². The molecule has 0 saturated heterocycles. The Bertz CT molecular complexity index is 633. The third kappa shape index (κ3) is 4.13. The predicted octanol–water partition coefficient (Wildman–Crippen LogP) is 3.31. The zero-order chi connectivity index (χ0) is 15.3. The fraction of sp³-hybridized carbons (Fsp3) is 0.214. The van der Waals surface area contributed by atoms with Gasteiger partial charge in [0.05, 0.1) is 6.61 Å². The van der Waals surface area contributed by atoms with Crippen molar-refractivity contribution in [3.63, 3.8) is 0 Å². The molecule has 0 saturated carbocycles. The molecule has 0 fully saturated rings. The average Bonchev–Trinajstić information content (AvgIpc) is 2.47. The lowest BCUT2D eigenvalue weighted by atomic mass is 10.1. The first-order valence-corrected chi connectivity index (χ1v) is 6.41. The Kier molecular flexibility index (Phi) is 5.11. The van der Waals surface area contributed by atoms with Crippen molar-refractivity contribution in [1.29, 1.82) is 0 Å². The third-order valence-corrected chi connectivity index (χ3v) is 2.89. The lowest BCUT2D eigenvalue weighted by Gasteiger charge is -2.12. The summed E-state index contributed by atoms with van der Waals surface area (Å²) in [4.78, 5) is 14.5. The van der Waals surface area contributed by atoms with Crippen molar-refractivity contribution < 1.29 is 27.5 Å². The minimum Gasteiger partial charge on any atom is -0.459 e. The van der Waals surface area contributed by atoms with Crippen LogP contribution in [0.5, 0.6) is 0 Å². The molecular formula is C14H12F2O4S. The molecule has 2 aromatic rings. The second-order valence-electron chi connectivity index (χ2n) is 4.24. The number of ether oxygens (including phenoxy) is 1. The number of fused-ring (bicyclic) bond motifs is 1. The van der Waals surface area contributed by atoms with Crippen LogP contribution in [-0.2, 0) is 25.2 Å². The molecule has 0 N–H and O–H groups in total. The summed E-state index contributed by atoms with van der Waals surface area (Å²) in [6, 6.07) is 13.4. The van der Waals surface area contributed by atoms with Crippen molar-refractivity contribution in [2.24, 2.45) is 0 Å². The van der Waals surface area contributed by atoms with E-state index < -0.39 is 12.1 Å². The predicted molar refractivity (Wildman–Crippen MR) is 74.7 cm³/mol. The topological polar surface area (TPSA) is 44.8 Å². The Morgan fingerprint density at radius 2 is 1.86 bits per heavy atom. The summed E-state index contributed by atoms with van der Waals surface area (Å²) < 4.78 is 33.7. The molecule has 0 atom stereocenters. The number of halogens is 2. The quantitative estimate of drug-likeness (QED) is 0.292. The van der Waals surface area contributed by atoms with Crippen LogP contribution in [0.15, 0.2) is 42.5 Å². The smallest absolute Gasteiger partial charge is 0.459 e. The first-order valence-electron chi connectivity index (χ1n) is 6.05. The highest BCUT2D eigenvalue weighted by atomic mass is 32.1. The van der Waals surface area contributed by atoms with E-state index in [1.165, 1.54) is 0 Å². The standard InChI is InChI=1S/C14H12F2O4S/c15-14(16,19-20-21)13(17)18-8-7-10-5-6-11-3-1-2-4-12(11)9-10/h1-6,9,21H,7-8H2. The van der Waals surface area contributed by atoms with Gasteiger partial charge >= 0.3 is 12.1 Å². The second-order valence-corrected chi connectivity index (χ2v) is 4.39. The number of hydrogen-bond donors (Lipinski definition) is 1. The molecule has 0 aliphatic carbocycles. The van der Waals surface area contributed by atoms with E-state index in [1.807, 2.05) is 42.5 Å². The molecule has 0 bridgehead atoms. The molecule has 7 heteroatoms. The van der Waals surface area contributed by atoms with Crippen LogP contribution in [0.2, 0.25) is 0 Å². The Hall–Kier alpha value is -1.70. The number of rotatable bonds is 6. The summed E-state index contributed by atoms with van der Waals surface area (Å²) in [5, 5.41) is 2.10. The van der Waals surface area contributed by atoms with E-state index in [1.54, 1.807) is 0 Å². The van der Waals surface area contributed by atoms with Crippen LogP contribution in [0, 0.1) is 0 Å². The van der Waals surface area contributed by atoms with Gasteiger partial charge in [0.25, 0.3) is 0 Å². The van der Waals surface area contributed by atoms with Gasteiger partial charge in [0, 0.05) is 19.3 Å². The lowest BCUT2D eigenvalue weighted by molar-refractivity contribution is -0.369. The Morgan fingerprint density at radius 3 is 2.57 bits per heavy atom. The van der Waals surface area contributed by atoms with E-state index in [0.717, 1.165) is 16.3 Å². The number of benzene rings is 2. The monoisotopic (exact) mass is 314 g/mol. The van der Waals surface area contributed by atoms with Gasteiger partial charge in [-0.05, 0) is 16.3 Å². The first kappa shape index (κ1) is 15.7. The molecule has 2 rings (SSSR count). The Balaban J connectivity index is 1.91. The van der Waals surface area contributed by atoms with Crippen LogP contribution >= 0.6 is 12.9 Å². The molecular weight excluding hydrogens is 302 g/mol. The number of alkyl halides is 2. The Morgan fingerprint density at radius 1 is 1.14 bits per heavy atom. The molecule has 2 aromatic carbocycles. The molecule has 0 unspecified atom stereocenters. The molecule has 4 nitrogen and oxygen atoms in total. The van der Waals surface area contributed by atoms with Crippen LogP contribution in [0.25, 0.3) is 10.8 Å². The van der Waals surface area contributed by atoms with Gasteiger partial charge in [-0.2, -0.15) is 13.1 Å². The van der Waals surface area contributed by atoms with E-state index in [-0.39, 0.29) is 6.61 Å². The third-order valence-electron chi connectivity index (χ3n) is 2.82. The molecule has 0 aliphatic heterocycles. The van der Waals surface area contributed by atoms with Crippen molar-refractivity contribution in [3.8, 4) is 0 Å². The van der Waals surface area contributed by atoms with E-state index in [4.69, 9.17) is 0 Å². The number of thiol groups is 1. The van der Waals surface area contributed by atoms with Gasteiger partial charge in [-0.15, -0.1) is 4.89 Å². The van der Waals surface area contributed by atoms with Crippen LogP contribution in [0.4, 0.5) is 8.78 Å². The lowest BCUT2D eigenvalue weighted by Crippen LogP contribution is -2.33. The maximum atomic E-state index is 12.9. The summed E-state index contributed by atoms with van der Waals surface area (Å²) in [6.45, 7) is -0.192. The number of carbonyl (C=O) groups is 1. The summed E-state index contributed by atoms with van der Waals surface area (Å²) in [7, 11) is 0. The molecule has 21 heavy (non-hydrogen) atoms. The number of esters is 1. The van der Waals surface area contributed by atoms with Crippen LogP contribution in [0.3, 0.4) is 0 Å². The van der Waals surface area contributed by atoms with Gasteiger partial charge in [-0.1, -0.05) is 42.5 Å². The van der Waals surface area contributed by atoms with Crippen molar-refractivity contribution in [3.05, 3.63) is 48.0 Å². The number of carbonyl (C=O) groups excluding carboxylic acids is 1. The van der Waals surface area contributed by atoms with Crippen molar-refractivity contribution in [2.75, 3.05) is 6.61 Å². The second kappa shape index (κ2) is 6.84. The number of hydrogen-bond acceptors (Lipinski definition) is 5. The molecule has 0 aromatic heterocycles. The van der Waals surface area contributed by atoms with Crippen LogP contribution in [0.1, 0.15) is 5.56 Å². The Labute approximate surface area is 125 Å². The summed E-state index contributed by atoms with van der Waals surface area (Å²) in [6.07, 6.45) is -3.86. The van der Waals surface area contributed by atoms with Gasteiger partial charge in [0.15, 0.2) is 0 Å². The highest BCUT2D eigenvalue weighted by molar-refractivity contribution is 7.74. The first-order chi connectivity index (χ1) is 10.0. The van der Waals surface area contributed by atoms with Crippen molar-refractivity contribution in [1.82, 2.24) is 0 Å². The van der Waals surface area contributed by atoms with Gasteiger partial charge in [-0.25, -0.2) is 4.79 Å². The summed E-state index contributed by atoms with van der Waals surface area (Å²) >= 11 is 2.98. The van der Waals surface area contributed by atoms with Crippen LogP contribution in [-0.4, -0.2) is 18.7 Å². The summed E-state index contributed by atoms with van der Waals surface area (Å²) in [5.74, 6) is -1.82. The summed E-state index contributed by atoms with van der Waals surface area (Å²) in [5.41, 5.74) is 0.871. The zero-order valence-corrected chi connectivity index (χ0v) is 11.7. The average molecular weight is 314 g/mol. The molecule has 0 spiro atoms. The minimum atomic E-state index is -4.18. The molecule has 0 radical (unpaired) electrons.